The fourth-order valence-electron chi connectivity index (χ4n) is 2.32. The molecule has 2 rings (SSSR count). The summed E-state index contributed by atoms with van der Waals surface area (Å²) >= 11 is 0. The molecule has 8 heteroatoms. The number of benzene rings is 1. The lowest BCUT2D eigenvalue weighted by Crippen LogP contribution is -2.34. The summed E-state index contributed by atoms with van der Waals surface area (Å²) in [5.74, 6) is -2.71. The van der Waals surface area contributed by atoms with Crippen LogP contribution in [0.4, 0.5) is 14.5 Å². The van der Waals surface area contributed by atoms with E-state index >= 15 is 0 Å². The number of nitrogens with one attached hydrogen (secondary N) is 1. The zero-order valence-corrected chi connectivity index (χ0v) is 11.7. The van der Waals surface area contributed by atoms with Crippen molar-refractivity contribution in [3.8, 4) is 0 Å². The van der Waals surface area contributed by atoms with Crippen LogP contribution in [0.15, 0.2) is 17.0 Å². The second-order valence-electron chi connectivity index (χ2n) is 4.80. The van der Waals surface area contributed by atoms with E-state index in [9.17, 15) is 17.2 Å². The maximum Gasteiger partial charge on any atom is 0.243 e. The summed E-state index contributed by atoms with van der Waals surface area (Å²) in [4.78, 5) is -0.768. The van der Waals surface area contributed by atoms with Crippen molar-refractivity contribution in [2.75, 3.05) is 12.8 Å². The van der Waals surface area contributed by atoms with Crippen LogP contribution < -0.4 is 10.5 Å². The summed E-state index contributed by atoms with van der Waals surface area (Å²) in [6, 6.07) is 1.29. The maximum atomic E-state index is 13.6. The monoisotopic (exact) mass is 306 g/mol. The quantitative estimate of drug-likeness (QED) is 0.824. The Balaban J connectivity index is 2.23. The zero-order chi connectivity index (χ0) is 14.9. The normalized spacial score (nSPS) is 23.1. The van der Waals surface area contributed by atoms with Gasteiger partial charge < -0.3 is 10.5 Å². The summed E-state index contributed by atoms with van der Waals surface area (Å²) in [7, 11) is -2.60. The summed E-state index contributed by atoms with van der Waals surface area (Å²) in [5.41, 5.74) is 5.21. The first-order valence-corrected chi connectivity index (χ1v) is 7.61. The molecule has 1 saturated carbocycles. The van der Waals surface area contributed by atoms with Crippen molar-refractivity contribution in [2.24, 2.45) is 0 Å². The number of sulfonamides is 1. The fraction of sp³-hybridized carbons (Fsp3) is 0.500. The van der Waals surface area contributed by atoms with Crippen LogP contribution in [0, 0.1) is 11.6 Å². The average Bonchev–Trinajstić information content (AvgIpc) is 2.80. The van der Waals surface area contributed by atoms with E-state index in [4.69, 9.17) is 10.5 Å². The molecule has 112 valence electrons. The minimum Gasteiger partial charge on any atom is -0.399 e. The molecule has 1 fully saturated rings. The summed E-state index contributed by atoms with van der Waals surface area (Å²) in [6.45, 7) is 0. The van der Waals surface area contributed by atoms with E-state index in [1.54, 1.807) is 7.11 Å². The Morgan fingerprint density at radius 3 is 2.65 bits per heavy atom. The number of rotatable bonds is 4. The first-order chi connectivity index (χ1) is 9.33. The number of nitrogen functional groups attached to an aromatic ring is 1. The number of halogens is 2. The second-order valence-corrected chi connectivity index (χ2v) is 6.49. The van der Waals surface area contributed by atoms with Crippen LogP contribution >= 0.6 is 0 Å². The number of hydrogen-bond acceptors (Lipinski definition) is 4. The number of ether oxygens (including phenoxy) is 1. The molecule has 3 N–H and O–H groups in total. The van der Waals surface area contributed by atoms with Gasteiger partial charge in [-0.1, -0.05) is 0 Å². The van der Waals surface area contributed by atoms with Crippen LogP contribution in [0.1, 0.15) is 19.3 Å². The lowest BCUT2D eigenvalue weighted by Gasteiger charge is -2.14. The van der Waals surface area contributed by atoms with Gasteiger partial charge in [0, 0.05) is 18.8 Å². The van der Waals surface area contributed by atoms with Crippen LogP contribution in [0.25, 0.3) is 0 Å². The van der Waals surface area contributed by atoms with Gasteiger partial charge in [0.25, 0.3) is 0 Å². The highest BCUT2D eigenvalue weighted by Gasteiger charge is 2.30. The van der Waals surface area contributed by atoms with Gasteiger partial charge in [0.15, 0.2) is 11.6 Å². The van der Waals surface area contributed by atoms with E-state index in [0.29, 0.717) is 12.8 Å². The van der Waals surface area contributed by atoms with Crippen LogP contribution in [-0.2, 0) is 14.8 Å². The maximum absolute atomic E-state index is 13.6. The van der Waals surface area contributed by atoms with Gasteiger partial charge in [0.05, 0.1) is 6.10 Å². The molecule has 0 bridgehead atoms. The van der Waals surface area contributed by atoms with E-state index in [2.05, 4.69) is 4.72 Å². The van der Waals surface area contributed by atoms with Gasteiger partial charge >= 0.3 is 0 Å². The molecule has 5 nitrogen and oxygen atoms in total. The standard InChI is InChI=1S/C12H16F2N2O3S/c1-19-9-3-2-8(6-9)16-20(17,18)11-5-7(15)4-10(13)12(11)14/h4-5,8-9,16H,2-3,6,15H2,1H3. The predicted octanol–water partition coefficient (Wildman–Crippen LogP) is 1.39. The summed E-state index contributed by atoms with van der Waals surface area (Å²) < 4.78 is 58.5. The predicted molar refractivity (Wildman–Crippen MR) is 69.5 cm³/mol. The third-order valence-corrected chi connectivity index (χ3v) is 4.87. The van der Waals surface area contributed by atoms with Crippen LogP contribution in [0.2, 0.25) is 0 Å². The Labute approximate surface area is 116 Å². The van der Waals surface area contributed by atoms with Crippen LogP contribution in [-0.4, -0.2) is 27.7 Å². The third-order valence-electron chi connectivity index (χ3n) is 3.35. The van der Waals surface area contributed by atoms with Gasteiger partial charge in [0.2, 0.25) is 10.0 Å². The van der Waals surface area contributed by atoms with Crippen molar-refractivity contribution < 1.29 is 21.9 Å². The molecular formula is C12H16F2N2O3S. The van der Waals surface area contributed by atoms with Crippen LogP contribution in [0.5, 0.6) is 0 Å². The number of hydrogen-bond donors (Lipinski definition) is 2. The molecule has 1 aromatic rings. The van der Waals surface area contributed by atoms with Gasteiger partial charge in [0.1, 0.15) is 4.90 Å². The van der Waals surface area contributed by atoms with E-state index in [-0.39, 0.29) is 17.8 Å². The van der Waals surface area contributed by atoms with Crippen LogP contribution in [0.3, 0.4) is 0 Å². The third kappa shape index (κ3) is 3.08. The smallest absolute Gasteiger partial charge is 0.243 e. The molecule has 0 spiro atoms. The number of methoxy groups -OCH3 is 1. The molecule has 0 aliphatic heterocycles. The highest BCUT2D eigenvalue weighted by atomic mass is 32.2. The van der Waals surface area contributed by atoms with Gasteiger partial charge in [-0.2, -0.15) is 0 Å². The molecule has 20 heavy (non-hydrogen) atoms. The molecule has 2 atom stereocenters. The van der Waals surface area contributed by atoms with E-state index in [1.807, 2.05) is 0 Å². The Hall–Kier alpha value is -1.25. The van der Waals surface area contributed by atoms with E-state index in [1.165, 1.54) is 0 Å². The van der Waals surface area contributed by atoms with Gasteiger partial charge in [-0.15, -0.1) is 0 Å². The number of anilines is 1. The largest absolute Gasteiger partial charge is 0.399 e. The zero-order valence-electron chi connectivity index (χ0n) is 10.9. The molecular weight excluding hydrogens is 290 g/mol. The van der Waals surface area contributed by atoms with Gasteiger partial charge in [-0.25, -0.2) is 21.9 Å². The van der Waals surface area contributed by atoms with Crippen molar-refractivity contribution in [2.45, 2.75) is 36.3 Å². The summed E-state index contributed by atoms with van der Waals surface area (Å²) in [5, 5.41) is 0. The molecule has 1 aromatic carbocycles. The summed E-state index contributed by atoms with van der Waals surface area (Å²) in [6.07, 6.45) is 1.79. The van der Waals surface area contributed by atoms with Crippen molar-refractivity contribution in [3.63, 3.8) is 0 Å². The topological polar surface area (TPSA) is 81.4 Å². The lowest BCUT2D eigenvalue weighted by atomic mass is 10.3. The van der Waals surface area contributed by atoms with Crippen molar-refractivity contribution in [1.82, 2.24) is 4.72 Å². The van der Waals surface area contributed by atoms with E-state index in [0.717, 1.165) is 18.6 Å². The van der Waals surface area contributed by atoms with Crippen molar-refractivity contribution >= 4 is 15.7 Å². The lowest BCUT2D eigenvalue weighted by molar-refractivity contribution is 0.107. The minimum absolute atomic E-state index is 0.0230. The average molecular weight is 306 g/mol. The molecule has 1 aliphatic rings. The van der Waals surface area contributed by atoms with Crippen molar-refractivity contribution in [1.29, 1.82) is 0 Å². The fourth-order valence-corrected chi connectivity index (χ4v) is 3.73. The first-order valence-electron chi connectivity index (χ1n) is 6.13. The molecule has 1 aliphatic carbocycles. The molecule has 0 saturated heterocycles. The van der Waals surface area contributed by atoms with Gasteiger partial charge in [-0.3, -0.25) is 0 Å². The van der Waals surface area contributed by atoms with Crippen molar-refractivity contribution in [3.05, 3.63) is 23.8 Å². The Kier molecular flexibility index (Phi) is 4.26. The van der Waals surface area contributed by atoms with Gasteiger partial charge in [-0.05, 0) is 31.4 Å². The Bertz CT molecular complexity index is 607. The second kappa shape index (κ2) is 5.63. The highest BCUT2D eigenvalue weighted by Crippen LogP contribution is 2.25. The molecule has 0 amide bonds. The molecule has 0 aromatic heterocycles. The SMILES string of the molecule is COC1CCC(NS(=O)(=O)c2cc(N)cc(F)c2F)C1. The van der Waals surface area contributed by atoms with E-state index < -0.39 is 26.6 Å². The number of nitrogens with two attached hydrogens (primary N) is 1. The highest BCUT2D eigenvalue weighted by molar-refractivity contribution is 7.89. The first kappa shape index (κ1) is 15.1. The minimum atomic E-state index is -4.15. The Morgan fingerprint density at radius 2 is 2.05 bits per heavy atom. The molecule has 0 heterocycles. The molecule has 2 unspecified atom stereocenters. The molecule has 0 radical (unpaired) electrons. The Morgan fingerprint density at radius 1 is 1.35 bits per heavy atom.